The maximum absolute atomic E-state index is 11.0. The van der Waals surface area contributed by atoms with Crippen molar-refractivity contribution in [3.05, 3.63) is 24.3 Å². The standard InChI is InChI=1S/C9H12O4/c1-3-4-7(9(12)13-2)5-6-8(10)11/h3-4H,1,5-6H2,2H3,(H,10,11). The van der Waals surface area contributed by atoms with E-state index in [1.807, 2.05) is 0 Å². The van der Waals surface area contributed by atoms with E-state index in [1.54, 1.807) is 0 Å². The number of aliphatic carboxylic acids is 1. The molecule has 0 aromatic rings. The SMILES string of the molecule is C=CC=C(CCC(=O)O)C(=O)OC. The van der Waals surface area contributed by atoms with Crippen molar-refractivity contribution in [3.8, 4) is 0 Å². The van der Waals surface area contributed by atoms with Crippen molar-refractivity contribution in [2.45, 2.75) is 12.8 Å². The minimum absolute atomic E-state index is 0.0885. The van der Waals surface area contributed by atoms with E-state index >= 15 is 0 Å². The number of allylic oxidation sites excluding steroid dienone is 2. The van der Waals surface area contributed by atoms with Crippen molar-refractivity contribution in [3.63, 3.8) is 0 Å². The zero-order chi connectivity index (χ0) is 10.3. The lowest BCUT2D eigenvalue weighted by molar-refractivity contribution is -0.137. The number of carbonyl (C=O) groups is 2. The summed E-state index contributed by atoms with van der Waals surface area (Å²) in [6, 6.07) is 0. The molecule has 0 bridgehead atoms. The molecule has 1 N–H and O–H groups in total. The number of carboxylic acid groups (broad SMARTS) is 1. The van der Waals surface area contributed by atoms with Crippen molar-refractivity contribution in [2.75, 3.05) is 7.11 Å². The maximum atomic E-state index is 11.0. The van der Waals surface area contributed by atoms with Crippen LogP contribution in [0.3, 0.4) is 0 Å². The van der Waals surface area contributed by atoms with Crippen LogP contribution in [0.4, 0.5) is 0 Å². The summed E-state index contributed by atoms with van der Waals surface area (Å²) >= 11 is 0. The van der Waals surface area contributed by atoms with Gasteiger partial charge in [-0.05, 0) is 6.42 Å². The topological polar surface area (TPSA) is 63.6 Å². The Kier molecular flexibility index (Phi) is 5.27. The second-order valence-electron chi connectivity index (χ2n) is 2.31. The average Bonchev–Trinajstić information content (AvgIpc) is 2.10. The molecule has 13 heavy (non-hydrogen) atoms. The van der Waals surface area contributed by atoms with Crippen LogP contribution in [-0.4, -0.2) is 24.2 Å². The van der Waals surface area contributed by atoms with Gasteiger partial charge in [-0.25, -0.2) is 4.79 Å². The van der Waals surface area contributed by atoms with Crippen LogP contribution in [0.1, 0.15) is 12.8 Å². The fourth-order valence-corrected chi connectivity index (χ4v) is 0.768. The van der Waals surface area contributed by atoms with E-state index in [9.17, 15) is 9.59 Å². The highest BCUT2D eigenvalue weighted by Gasteiger charge is 2.09. The van der Waals surface area contributed by atoms with E-state index in [1.165, 1.54) is 19.3 Å². The van der Waals surface area contributed by atoms with Gasteiger partial charge in [-0.1, -0.05) is 18.7 Å². The summed E-state index contributed by atoms with van der Waals surface area (Å²) in [5, 5.41) is 8.38. The fraction of sp³-hybridized carbons (Fsp3) is 0.333. The Morgan fingerprint density at radius 1 is 1.46 bits per heavy atom. The van der Waals surface area contributed by atoms with Gasteiger partial charge in [0.1, 0.15) is 0 Å². The predicted molar refractivity (Wildman–Crippen MR) is 47.2 cm³/mol. The summed E-state index contributed by atoms with van der Waals surface area (Å²) < 4.78 is 4.45. The highest BCUT2D eigenvalue weighted by atomic mass is 16.5. The van der Waals surface area contributed by atoms with Gasteiger partial charge in [0.05, 0.1) is 7.11 Å². The molecular weight excluding hydrogens is 172 g/mol. The lowest BCUT2D eigenvalue weighted by atomic mass is 10.1. The van der Waals surface area contributed by atoms with E-state index in [-0.39, 0.29) is 12.8 Å². The normalized spacial score (nSPS) is 10.7. The van der Waals surface area contributed by atoms with Crippen LogP contribution in [0.15, 0.2) is 24.3 Å². The van der Waals surface area contributed by atoms with Crippen molar-refractivity contribution < 1.29 is 19.4 Å². The largest absolute Gasteiger partial charge is 0.481 e. The minimum Gasteiger partial charge on any atom is -0.481 e. The number of carbonyl (C=O) groups excluding carboxylic acids is 1. The zero-order valence-corrected chi connectivity index (χ0v) is 7.45. The number of ether oxygens (including phenoxy) is 1. The Morgan fingerprint density at radius 2 is 2.08 bits per heavy atom. The fourth-order valence-electron chi connectivity index (χ4n) is 0.768. The van der Waals surface area contributed by atoms with Gasteiger partial charge < -0.3 is 9.84 Å². The van der Waals surface area contributed by atoms with E-state index in [0.29, 0.717) is 5.57 Å². The molecule has 72 valence electrons. The summed E-state index contributed by atoms with van der Waals surface area (Å²) in [6.07, 6.45) is 2.95. The lowest BCUT2D eigenvalue weighted by Gasteiger charge is -2.01. The molecule has 0 saturated heterocycles. The molecule has 0 aliphatic carbocycles. The molecule has 0 heterocycles. The minimum atomic E-state index is -0.945. The molecule has 0 aromatic heterocycles. The molecular formula is C9H12O4. The van der Waals surface area contributed by atoms with E-state index in [2.05, 4.69) is 11.3 Å². The number of esters is 1. The molecule has 0 aliphatic heterocycles. The summed E-state index contributed by atoms with van der Waals surface area (Å²) in [4.78, 5) is 21.2. The van der Waals surface area contributed by atoms with Gasteiger partial charge in [0.15, 0.2) is 0 Å². The Balaban J connectivity index is 4.27. The molecule has 0 rings (SSSR count). The highest BCUT2D eigenvalue weighted by Crippen LogP contribution is 2.07. The molecule has 0 spiro atoms. The van der Waals surface area contributed by atoms with Crippen LogP contribution in [-0.2, 0) is 14.3 Å². The van der Waals surface area contributed by atoms with Gasteiger partial charge in [0.25, 0.3) is 0 Å². The number of methoxy groups -OCH3 is 1. The summed E-state index contributed by atoms with van der Waals surface area (Å²) in [5.41, 5.74) is 0.319. The van der Waals surface area contributed by atoms with Crippen molar-refractivity contribution in [1.82, 2.24) is 0 Å². The molecule has 0 amide bonds. The van der Waals surface area contributed by atoms with Crippen molar-refractivity contribution >= 4 is 11.9 Å². The van der Waals surface area contributed by atoms with E-state index < -0.39 is 11.9 Å². The first-order chi connectivity index (χ1) is 6.11. The van der Waals surface area contributed by atoms with E-state index in [0.717, 1.165) is 0 Å². The van der Waals surface area contributed by atoms with Gasteiger partial charge in [0.2, 0.25) is 0 Å². The monoisotopic (exact) mass is 184 g/mol. The molecule has 0 radical (unpaired) electrons. The number of carboxylic acids is 1. The highest BCUT2D eigenvalue weighted by molar-refractivity contribution is 5.89. The first kappa shape index (κ1) is 11.4. The lowest BCUT2D eigenvalue weighted by Crippen LogP contribution is -2.06. The zero-order valence-electron chi connectivity index (χ0n) is 7.45. The maximum Gasteiger partial charge on any atom is 0.333 e. The molecule has 0 aliphatic rings. The molecule has 4 nitrogen and oxygen atoms in total. The average molecular weight is 184 g/mol. The third-order valence-corrected chi connectivity index (χ3v) is 1.37. The molecule has 0 atom stereocenters. The van der Waals surface area contributed by atoms with Crippen LogP contribution in [0.5, 0.6) is 0 Å². The summed E-state index contributed by atoms with van der Waals surface area (Å²) in [7, 11) is 1.25. The molecule has 0 saturated carbocycles. The Morgan fingerprint density at radius 3 is 2.46 bits per heavy atom. The van der Waals surface area contributed by atoms with Crippen LogP contribution < -0.4 is 0 Å². The second-order valence-corrected chi connectivity index (χ2v) is 2.31. The first-order valence-electron chi connectivity index (χ1n) is 3.73. The first-order valence-corrected chi connectivity index (χ1v) is 3.73. The van der Waals surface area contributed by atoms with Crippen LogP contribution in [0.25, 0.3) is 0 Å². The molecule has 0 fully saturated rings. The van der Waals surface area contributed by atoms with Crippen LogP contribution >= 0.6 is 0 Å². The Labute approximate surface area is 76.5 Å². The molecule has 0 unspecified atom stereocenters. The van der Waals surface area contributed by atoms with Gasteiger partial charge in [-0.2, -0.15) is 0 Å². The number of hydrogen-bond acceptors (Lipinski definition) is 3. The van der Waals surface area contributed by atoms with Gasteiger partial charge in [0, 0.05) is 12.0 Å². The molecule has 4 heteroatoms. The van der Waals surface area contributed by atoms with Gasteiger partial charge >= 0.3 is 11.9 Å². The van der Waals surface area contributed by atoms with Gasteiger partial charge in [-0.15, -0.1) is 0 Å². The van der Waals surface area contributed by atoms with E-state index in [4.69, 9.17) is 5.11 Å². The Bertz CT molecular complexity index is 240. The summed E-state index contributed by atoms with van der Waals surface area (Å²) in [5.74, 6) is -1.46. The third-order valence-electron chi connectivity index (χ3n) is 1.37. The van der Waals surface area contributed by atoms with Crippen molar-refractivity contribution in [2.24, 2.45) is 0 Å². The predicted octanol–water partition coefficient (Wildman–Crippen LogP) is 1.14. The van der Waals surface area contributed by atoms with Crippen LogP contribution in [0, 0.1) is 0 Å². The smallest absolute Gasteiger partial charge is 0.333 e. The van der Waals surface area contributed by atoms with Crippen LogP contribution in [0.2, 0.25) is 0 Å². The Hall–Kier alpha value is -1.58. The number of hydrogen-bond donors (Lipinski definition) is 1. The molecule has 0 aromatic carbocycles. The number of rotatable bonds is 5. The van der Waals surface area contributed by atoms with Gasteiger partial charge in [-0.3, -0.25) is 4.79 Å². The third kappa shape index (κ3) is 4.79. The second kappa shape index (κ2) is 5.99. The quantitative estimate of drug-likeness (QED) is 0.395. The summed E-state index contributed by atoms with van der Waals surface area (Å²) in [6.45, 7) is 3.41. The van der Waals surface area contributed by atoms with Crippen molar-refractivity contribution in [1.29, 1.82) is 0 Å².